The normalized spacial score (nSPS) is 10.9. The maximum Gasteiger partial charge on any atom is 0.129 e. The van der Waals surface area contributed by atoms with Gasteiger partial charge in [0.25, 0.3) is 0 Å². The zero-order valence-electron chi connectivity index (χ0n) is 10.8. The molecule has 2 aromatic carbocycles. The molecule has 0 saturated heterocycles. The topological polar surface area (TPSA) is 27.1 Å². The van der Waals surface area contributed by atoms with Gasteiger partial charge >= 0.3 is 0 Å². The first-order valence-electron chi connectivity index (χ1n) is 6.11. The van der Waals surface area contributed by atoms with Crippen molar-refractivity contribution in [1.29, 1.82) is 0 Å². The fraction of sp³-hybridized carbons (Fsp3) is 0.133. The molecular formula is C15H12Cl2N2O. The van der Waals surface area contributed by atoms with Crippen LogP contribution in [-0.4, -0.2) is 16.7 Å². The van der Waals surface area contributed by atoms with Crippen molar-refractivity contribution in [3.05, 3.63) is 53.3 Å². The summed E-state index contributed by atoms with van der Waals surface area (Å²) in [4.78, 5) is 4.53. The van der Waals surface area contributed by atoms with Gasteiger partial charge in [-0.05, 0) is 24.3 Å². The lowest BCUT2D eigenvalue weighted by Crippen LogP contribution is -2.00. The number of imidazole rings is 1. The van der Waals surface area contributed by atoms with Crippen molar-refractivity contribution in [3.8, 4) is 11.4 Å². The molecule has 0 fully saturated rings. The SMILES string of the molecule is COc1cccc(-n2c(CCl)nc3cccc(Cl)c32)c1. The van der Waals surface area contributed by atoms with E-state index in [1.54, 1.807) is 7.11 Å². The highest BCUT2D eigenvalue weighted by Crippen LogP contribution is 2.29. The molecule has 0 aliphatic rings. The molecule has 0 unspecified atom stereocenters. The second-order valence-electron chi connectivity index (χ2n) is 4.31. The highest BCUT2D eigenvalue weighted by molar-refractivity contribution is 6.35. The summed E-state index contributed by atoms with van der Waals surface area (Å²) in [5.74, 6) is 1.84. The van der Waals surface area contributed by atoms with Crippen LogP contribution in [0.5, 0.6) is 5.75 Å². The van der Waals surface area contributed by atoms with E-state index in [0.717, 1.165) is 28.3 Å². The number of methoxy groups -OCH3 is 1. The average Bonchev–Trinajstić information content (AvgIpc) is 2.87. The van der Waals surface area contributed by atoms with Crippen LogP contribution < -0.4 is 4.74 Å². The first kappa shape index (κ1) is 13.3. The Hall–Kier alpha value is -1.71. The van der Waals surface area contributed by atoms with Crippen molar-refractivity contribution >= 4 is 34.2 Å². The molecule has 0 bridgehead atoms. The molecule has 0 amide bonds. The third-order valence-corrected chi connectivity index (χ3v) is 3.67. The number of alkyl halides is 1. The fourth-order valence-corrected chi connectivity index (χ4v) is 2.68. The molecule has 0 atom stereocenters. The van der Waals surface area contributed by atoms with Gasteiger partial charge in [-0.25, -0.2) is 4.98 Å². The second-order valence-corrected chi connectivity index (χ2v) is 4.98. The van der Waals surface area contributed by atoms with Gasteiger partial charge in [0.15, 0.2) is 0 Å². The third-order valence-electron chi connectivity index (χ3n) is 3.13. The number of para-hydroxylation sites is 1. The van der Waals surface area contributed by atoms with Crippen LogP contribution in [-0.2, 0) is 5.88 Å². The van der Waals surface area contributed by atoms with Crippen LogP contribution in [0.1, 0.15) is 5.82 Å². The molecule has 1 heterocycles. The lowest BCUT2D eigenvalue weighted by Gasteiger charge is -2.10. The quantitative estimate of drug-likeness (QED) is 0.669. The third kappa shape index (κ3) is 2.13. The summed E-state index contributed by atoms with van der Waals surface area (Å²) >= 11 is 12.3. The van der Waals surface area contributed by atoms with Crippen molar-refractivity contribution in [1.82, 2.24) is 9.55 Å². The van der Waals surface area contributed by atoms with Gasteiger partial charge in [0.2, 0.25) is 0 Å². The van der Waals surface area contributed by atoms with Crippen LogP contribution in [0.3, 0.4) is 0 Å². The van der Waals surface area contributed by atoms with Crippen LogP contribution in [0, 0.1) is 0 Å². The maximum absolute atomic E-state index is 6.32. The molecule has 20 heavy (non-hydrogen) atoms. The van der Waals surface area contributed by atoms with Crippen LogP contribution in [0.15, 0.2) is 42.5 Å². The molecule has 0 aliphatic heterocycles. The Kier molecular flexibility index (Phi) is 3.55. The summed E-state index contributed by atoms with van der Waals surface area (Å²) < 4.78 is 7.23. The highest BCUT2D eigenvalue weighted by atomic mass is 35.5. The highest BCUT2D eigenvalue weighted by Gasteiger charge is 2.14. The Bertz CT molecular complexity index is 768. The zero-order chi connectivity index (χ0) is 14.1. The number of halogens is 2. The van der Waals surface area contributed by atoms with E-state index in [9.17, 15) is 0 Å². The zero-order valence-corrected chi connectivity index (χ0v) is 12.3. The fourth-order valence-electron chi connectivity index (χ4n) is 2.25. The van der Waals surface area contributed by atoms with E-state index in [1.807, 2.05) is 47.0 Å². The van der Waals surface area contributed by atoms with Crippen molar-refractivity contribution in [2.75, 3.05) is 7.11 Å². The number of rotatable bonds is 3. The van der Waals surface area contributed by atoms with E-state index in [-0.39, 0.29) is 0 Å². The van der Waals surface area contributed by atoms with Gasteiger partial charge in [0.05, 0.1) is 34.7 Å². The summed E-state index contributed by atoms with van der Waals surface area (Å²) in [6, 6.07) is 13.4. The Morgan fingerprint density at radius 3 is 2.75 bits per heavy atom. The Labute approximate surface area is 126 Å². The van der Waals surface area contributed by atoms with Gasteiger partial charge in [-0.15, -0.1) is 11.6 Å². The molecule has 0 aliphatic carbocycles. The van der Waals surface area contributed by atoms with E-state index in [2.05, 4.69) is 4.98 Å². The molecule has 3 nitrogen and oxygen atoms in total. The average molecular weight is 307 g/mol. The summed E-state index contributed by atoms with van der Waals surface area (Å²) in [5.41, 5.74) is 2.62. The van der Waals surface area contributed by atoms with Gasteiger partial charge < -0.3 is 4.74 Å². The van der Waals surface area contributed by atoms with Gasteiger partial charge in [0, 0.05) is 6.07 Å². The predicted molar refractivity (Wildman–Crippen MR) is 82.2 cm³/mol. The summed E-state index contributed by atoms with van der Waals surface area (Å²) in [6.45, 7) is 0. The van der Waals surface area contributed by atoms with Crippen LogP contribution in [0.2, 0.25) is 5.02 Å². The largest absolute Gasteiger partial charge is 0.497 e. The predicted octanol–water partition coefficient (Wildman–Crippen LogP) is 4.43. The summed E-state index contributed by atoms with van der Waals surface area (Å²) in [7, 11) is 1.64. The Morgan fingerprint density at radius 1 is 1.20 bits per heavy atom. The van der Waals surface area contributed by atoms with E-state index in [0.29, 0.717) is 10.9 Å². The number of hydrogen-bond donors (Lipinski definition) is 0. The van der Waals surface area contributed by atoms with Crippen LogP contribution in [0.4, 0.5) is 0 Å². The maximum atomic E-state index is 6.32. The van der Waals surface area contributed by atoms with E-state index < -0.39 is 0 Å². The Balaban J connectivity index is 2.33. The van der Waals surface area contributed by atoms with E-state index in [1.165, 1.54) is 0 Å². The number of nitrogens with zero attached hydrogens (tertiary/aromatic N) is 2. The van der Waals surface area contributed by atoms with Gasteiger partial charge in [0.1, 0.15) is 11.6 Å². The van der Waals surface area contributed by atoms with Crippen molar-refractivity contribution < 1.29 is 4.74 Å². The second kappa shape index (κ2) is 5.35. The minimum Gasteiger partial charge on any atom is -0.497 e. The molecule has 3 rings (SSSR count). The molecule has 5 heteroatoms. The molecule has 3 aromatic rings. The van der Waals surface area contributed by atoms with Crippen LogP contribution in [0.25, 0.3) is 16.7 Å². The van der Waals surface area contributed by atoms with Crippen molar-refractivity contribution in [3.63, 3.8) is 0 Å². The molecular weight excluding hydrogens is 295 g/mol. The van der Waals surface area contributed by atoms with E-state index >= 15 is 0 Å². The first-order chi connectivity index (χ1) is 9.74. The molecule has 102 valence electrons. The molecule has 0 spiro atoms. The van der Waals surface area contributed by atoms with Crippen LogP contribution >= 0.6 is 23.2 Å². The van der Waals surface area contributed by atoms with Gasteiger partial charge in [-0.2, -0.15) is 0 Å². The van der Waals surface area contributed by atoms with Gasteiger partial charge in [-0.3, -0.25) is 4.57 Å². The Morgan fingerprint density at radius 2 is 2.00 bits per heavy atom. The van der Waals surface area contributed by atoms with Gasteiger partial charge in [-0.1, -0.05) is 23.7 Å². The van der Waals surface area contributed by atoms with E-state index in [4.69, 9.17) is 27.9 Å². The smallest absolute Gasteiger partial charge is 0.129 e. The lowest BCUT2D eigenvalue weighted by molar-refractivity contribution is 0.414. The first-order valence-corrected chi connectivity index (χ1v) is 7.02. The number of benzene rings is 2. The molecule has 0 N–H and O–H groups in total. The summed E-state index contributed by atoms with van der Waals surface area (Å²) in [5, 5.41) is 0.647. The molecule has 1 aromatic heterocycles. The van der Waals surface area contributed by atoms with Crippen molar-refractivity contribution in [2.24, 2.45) is 0 Å². The monoisotopic (exact) mass is 306 g/mol. The number of hydrogen-bond acceptors (Lipinski definition) is 2. The lowest BCUT2D eigenvalue weighted by atomic mass is 10.2. The van der Waals surface area contributed by atoms with Crippen molar-refractivity contribution in [2.45, 2.75) is 5.88 Å². The number of fused-ring (bicyclic) bond motifs is 1. The number of aromatic nitrogens is 2. The minimum atomic E-state index is 0.308. The summed E-state index contributed by atoms with van der Waals surface area (Å²) in [6.07, 6.45) is 0. The molecule has 0 saturated carbocycles. The minimum absolute atomic E-state index is 0.308. The standard InChI is InChI=1S/C15H12Cl2N2O/c1-20-11-5-2-4-10(8-11)19-14(9-16)18-13-7-3-6-12(17)15(13)19/h2-8H,9H2,1H3. The molecule has 0 radical (unpaired) electrons. The number of ether oxygens (including phenoxy) is 1.